The Morgan fingerprint density at radius 1 is 1.40 bits per heavy atom. The second-order valence-corrected chi connectivity index (χ2v) is 7.44. The van der Waals surface area contributed by atoms with Gasteiger partial charge in [0.2, 0.25) is 0 Å². The molecule has 2 N–H and O–H groups in total. The van der Waals surface area contributed by atoms with Crippen molar-refractivity contribution in [2.75, 3.05) is 13.1 Å². The number of halogens is 3. The first kappa shape index (κ1) is 19.6. The van der Waals surface area contributed by atoms with Crippen LogP contribution in [0, 0.1) is 0 Å². The number of carboxylic acids is 1. The van der Waals surface area contributed by atoms with Gasteiger partial charge in [0.25, 0.3) is 10.0 Å². The fourth-order valence-corrected chi connectivity index (χ4v) is 3.83. The van der Waals surface area contributed by atoms with E-state index in [2.05, 4.69) is 9.71 Å². The lowest BCUT2D eigenvalue weighted by Crippen LogP contribution is -2.54. The molecular weight excluding hydrogens is 363 g/mol. The summed E-state index contributed by atoms with van der Waals surface area (Å²) in [5, 5.41) is 8.34. The Labute approximate surface area is 142 Å². The molecule has 1 aromatic heterocycles. The fourth-order valence-electron chi connectivity index (χ4n) is 2.64. The van der Waals surface area contributed by atoms with Gasteiger partial charge in [-0.3, -0.25) is 9.69 Å². The van der Waals surface area contributed by atoms with Gasteiger partial charge in [-0.05, 0) is 31.5 Å². The Morgan fingerprint density at radius 2 is 2.04 bits per heavy atom. The molecule has 0 spiro atoms. The van der Waals surface area contributed by atoms with Crippen LogP contribution in [-0.4, -0.2) is 54.6 Å². The van der Waals surface area contributed by atoms with Crippen LogP contribution in [0.3, 0.4) is 0 Å². The number of carboxylic acid groups (broad SMARTS) is 1. The summed E-state index contributed by atoms with van der Waals surface area (Å²) >= 11 is 0. The Morgan fingerprint density at radius 3 is 2.48 bits per heavy atom. The van der Waals surface area contributed by atoms with Crippen LogP contribution in [0.5, 0.6) is 0 Å². The molecular formula is C14H18F3N3O4S. The highest BCUT2D eigenvalue weighted by molar-refractivity contribution is 7.89. The minimum absolute atomic E-state index is 0.0469. The SMILES string of the molecule is CCN(CC(=O)O)C1CC(NS(=O)(=O)c2ccc(C(F)(F)F)cn2)C1. The van der Waals surface area contributed by atoms with Gasteiger partial charge in [-0.15, -0.1) is 0 Å². The normalized spacial score (nSPS) is 21.2. The lowest BCUT2D eigenvalue weighted by atomic mass is 9.86. The Balaban J connectivity index is 1.96. The molecule has 1 fully saturated rings. The average Bonchev–Trinajstić information content (AvgIpc) is 2.47. The molecule has 11 heteroatoms. The predicted molar refractivity (Wildman–Crippen MR) is 81.3 cm³/mol. The van der Waals surface area contributed by atoms with Crippen LogP contribution in [0.25, 0.3) is 0 Å². The monoisotopic (exact) mass is 381 g/mol. The van der Waals surface area contributed by atoms with Crippen molar-refractivity contribution in [2.24, 2.45) is 0 Å². The lowest BCUT2D eigenvalue weighted by molar-refractivity contribution is -0.139. The van der Waals surface area contributed by atoms with E-state index in [1.807, 2.05) is 6.92 Å². The third-order valence-corrected chi connectivity index (χ3v) is 5.47. The third-order valence-electron chi connectivity index (χ3n) is 4.03. The van der Waals surface area contributed by atoms with Gasteiger partial charge < -0.3 is 5.11 Å². The highest BCUT2D eigenvalue weighted by Gasteiger charge is 2.37. The molecule has 1 saturated carbocycles. The second kappa shape index (κ2) is 7.26. The van der Waals surface area contributed by atoms with E-state index in [0.717, 1.165) is 6.07 Å². The molecule has 0 radical (unpaired) electrons. The molecule has 0 saturated heterocycles. The zero-order valence-corrected chi connectivity index (χ0v) is 14.1. The van der Waals surface area contributed by atoms with E-state index in [1.165, 1.54) is 0 Å². The Kier molecular flexibility index (Phi) is 5.69. The van der Waals surface area contributed by atoms with E-state index >= 15 is 0 Å². The summed E-state index contributed by atoms with van der Waals surface area (Å²) in [4.78, 5) is 15.9. The van der Waals surface area contributed by atoms with E-state index in [9.17, 15) is 26.4 Å². The van der Waals surface area contributed by atoms with Crippen molar-refractivity contribution in [1.82, 2.24) is 14.6 Å². The van der Waals surface area contributed by atoms with Gasteiger partial charge >= 0.3 is 12.1 Å². The van der Waals surface area contributed by atoms with E-state index in [4.69, 9.17) is 5.11 Å². The topological polar surface area (TPSA) is 99.6 Å². The van der Waals surface area contributed by atoms with Crippen LogP contribution < -0.4 is 4.72 Å². The van der Waals surface area contributed by atoms with Crippen LogP contribution in [0.1, 0.15) is 25.3 Å². The van der Waals surface area contributed by atoms with Crippen LogP contribution in [0.15, 0.2) is 23.4 Å². The van der Waals surface area contributed by atoms with Gasteiger partial charge in [-0.1, -0.05) is 6.92 Å². The molecule has 0 unspecified atom stereocenters. The molecule has 0 aliphatic heterocycles. The van der Waals surface area contributed by atoms with Gasteiger partial charge in [0.1, 0.15) is 0 Å². The average molecular weight is 381 g/mol. The van der Waals surface area contributed by atoms with Gasteiger partial charge in [0, 0.05) is 18.3 Å². The molecule has 1 aliphatic carbocycles. The predicted octanol–water partition coefficient (Wildman–Crippen LogP) is 1.32. The van der Waals surface area contributed by atoms with E-state index in [0.29, 0.717) is 31.6 Å². The number of alkyl halides is 3. The summed E-state index contributed by atoms with van der Waals surface area (Å²) in [6.45, 7) is 2.21. The number of hydrogen-bond donors (Lipinski definition) is 2. The minimum atomic E-state index is -4.59. The largest absolute Gasteiger partial charge is 0.480 e. The number of carbonyl (C=O) groups is 1. The van der Waals surface area contributed by atoms with E-state index in [1.54, 1.807) is 4.90 Å². The number of likely N-dealkylation sites (N-methyl/N-ethyl adjacent to an activating group) is 1. The summed E-state index contributed by atoms with van der Waals surface area (Å²) in [6, 6.07) is 1.03. The zero-order valence-electron chi connectivity index (χ0n) is 13.3. The molecule has 1 heterocycles. The molecule has 1 aliphatic rings. The van der Waals surface area contributed by atoms with Crippen LogP contribution in [-0.2, 0) is 21.0 Å². The van der Waals surface area contributed by atoms with Crippen LogP contribution >= 0.6 is 0 Å². The molecule has 0 atom stereocenters. The first-order valence-electron chi connectivity index (χ1n) is 7.54. The van der Waals surface area contributed by atoms with Crippen LogP contribution in [0.2, 0.25) is 0 Å². The highest BCUT2D eigenvalue weighted by Crippen LogP contribution is 2.29. The molecule has 140 valence electrons. The maximum atomic E-state index is 12.5. The van der Waals surface area contributed by atoms with Crippen molar-refractivity contribution in [1.29, 1.82) is 0 Å². The zero-order chi connectivity index (χ0) is 18.8. The molecule has 25 heavy (non-hydrogen) atoms. The van der Waals surface area contributed by atoms with E-state index < -0.39 is 38.8 Å². The van der Waals surface area contributed by atoms with Crippen LogP contribution in [0.4, 0.5) is 13.2 Å². The molecule has 0 bridgehead atoms. The molecule has 0 aromatic carbocycles. The van der Waals surface area contributed by atoms with Crippen molar-refractivity contribution in [2.45, 2.75) is 43.1 Å². The standard InChI is InChI=1S/C14H18F3N3O4S/c1-2-20(8-13(21)22)11-5-10(6-11)19-25(23,24)12-4-3-9(7-18-12)14(15,16)17/h3-4,7,10-11,19H,2,5-6,8H2,1H3,(H,21,22). The minimum Gasteiger partial charge on any atom is -0.480 e. The van der Waals surface area contributed by atoms with Gasteiger partial charge in [0.15, 0.2) is 5.03 Å². The number of pyridine rings is 1. The molecule has 1 aromatic rings. The Bertz CT molecular complexity index is 716. The quantitative estimate of drug-likeness (QED) is 0.739. The van der Waals surface area contributed by atoms with Crippen molar-refractivity contribution in [3.05, 3.63) is 23.9 Å². The number of sulfonamides is 1. The first-order chi connectivity index (χ1) is 11.5. The van der Waals surface area contributed by atoms with Crippen molar-refractivity contribution in [3.8, 4) is 0 Å². The third kappa shape index (κ3) is 4.89. The van der Waals surface area contributed by atoms with E-state index in [-0.39, 0.29) is 12.6 Å². The molecule has 2 rings (SSSR count). The van der Waals surface area contributed by atoms with Gasteiger partial charge in [-0.25, -0.2) is 18.1 Å². The highest BCUT2D eigenvalue weighted by atomic mass is 32.2. The maximum Gasteiger partial charge on any atom is 0.417 e. The molecule has 7 nitrogen and oxygen atoms in total. The number of hydrogen-bond acceptors (Lipinski definition) is 5. The summed E-state index contributed by atoms with van der Waals surface area (Å²) in [6.07, 6.45) is -3.25. The molecule has 0 amide bonds. The van der Waals surface area contributed by atoms with Crippen molar-refractivity contribution in [3.63, 3.8) is 0 Å². The lowest BCUT2D eigenvalue weighted by Gasteiger charge is -2.41. The first-order valence-corrected chi connectivity index (χ1v) is 9.02. The Hall–Kier alpha value is -1.72. The maximum absolute atomic E-state index is 12.5. The number of nitrogens with one attached hydrogen (secondary N) is 1. The summed E-state index contributed by atoms with van der Waals surface area (Å²) in [7, 11) is -4.02. The van der Waals surface area contributed by atoms with Crippen molar-refractivity contribution < 1.29 is 31.5 Å². The summed E-state index contributed by atoms with van der Waals surface area (Å²) in [5.41, 5.74) is -1.03. The fraction of sp³-hybridized carbons (Fsp3) is 0.571. The summed E-state index contributed by atoms with van der Waals surface area (Å²) < 4.78 is 64.1. The smallest absolute Gasteiger partial charge is 0.417 e. The number of rotatable bonds is 7. The van der Waals surface area contributed by atoms with Gasteiger partial charge in [-0.2, -0.15) is 13.2 Å². The van der Waals surface area contributed by atoms with Gasteiger partial charge in [0.05, 0.1) is 12.1 Å². The second-order valence-electron chi connectivity index (χ2n) is 5.78. The number of aromatic nitrogens is 1. The summed E-state index contributed by atoms with van der Waals surface area (Å²) in [5.74, 6) is -0.958. The number of aliphatic carboxylic acids is 1. The number of nitrogens with zero attached hydrogens (tertiary/aromatic N) is 2. The van der Waals surface area contributed by atoms with Crippen molar-refractivity contribution >= 4 is 16.0 Å².